The molecule has 0 saturated carbocycles. The van der Waals surface area contributed by atoms with Crippen LogP contribution >= 0.6 is 0 Å². The Morgan fingerprint density at radius 2 is 1.43 bits per heavy atom. The Balaban J connectivity index is 1.17. The molecule has 5 aromatic rings. The van der Waals surface area contributed by atoms with Gasteiger partial charge in [0.05, 0.1) is 11.5 Å². The average Bonchev–Trinajstić information content (AvgIpc) is 3.02. The number of amides is 1. The highest BCUT2D eigenvalue weighted by molar-refractivity contribution is 6.07. The number of carbonyl (C=O) groups excluding carboxylic acids is 1. The molecule has 0 radical (unpaired) electrons. The Morgan fingerprint density at radius 3 is 2.12 bits per heavy atom. The second-order valence-electron chi connectivity index (χ2n) is 9.18. The molecule has 0 aliphatic carbocycles. The predicted molar refractivity (Wildman–Crippen MR) is 158 cm³/mol. The van der Waals surface area contributed by atoms with E-state index in [9.17, 15) is 14.9 Å². The lowest BCUT2D eigenvalue weighted by Crippen LogP contribution is -2.14. The SMILES string of the molecule is O=C(Nc1ccc(Oc2ccc(OCc3ccccc3)cc2)cc1)c1cc(OCCc2ccccn2)ccc1[N+](=O)[O-]. The number of nitrogens with zero attached hydrogens (tertiary/aromatic N) is 2. The number of nitrogens with one attached hydrogen (secondary N) is 1. The van der Waals surface area contributed by atoms with Gasteiger partial charge in [0.15, 0.2) is 0 Å². The molecular formula is C33H27N3O6. The largest absolute Gasteiger partial charge is 0.493 e. The first-order chi connectivity index (χ1) is 20.5. The van der Waals surface area contributed by atoms with Gasteiger partial charge in [-0.2, -0.15) is 0 Å². The number of anilines is 1. The lowest BCUT2D eigenvalue weighted by molar-refractivity contribution is -0.385. The summed E-state index contributed by atoms with van der Waals surface area (Å²) in [5.74, 6) is 1.62. The van der Waals surface area contributed by atoms with E-state index in [-0.39, 0.29) is 11.3 Å². The third-order valence-corrected chi connectivity index (χ3v) is 6.18. The normalized spacial score (nSPS) is 10.5. The van der Waals surface area contributed by atoms with Gasteiger partial charge in [0, 0.05) is 30.1 Å². The van der Waals surface area contributed by atoms with Crippen molar-refractivity contribution in [1.29, 1.82) is 0 Å². The van der Waals surface area contributed by atoms with E-state index in [4.69, 9.17) is 14.2 Å². The van der Waals surface area contributed by atoms with E-state index in [1.807, 2.05) is 60.7 Å². The van der Waals surface area contributed by atoms with Crippen molar-refractivity contribution in [2.24, 2.45) is 0 Å². The van der Waals surface area contributed by atoms with Crippen LogP contribution in [0.4, 0.5) is 11.4 Å². The molecule has 9 heteroatoms. The van der Waals surface area contributed by atoms with Gasteiger partial charge in [-0.3, -0.25) is 19.9 Å². The molecular weight excluding hydrogens is 534 g/mol. The molecule has 0 bridgehead atoms. The summed E-state index contributed by atoms with van der Waals surface area (Å²) in [4.78, 5) is 28.2. The summed E-state index contributed by atoms with van der Waals surface area (Å²) in [6.07, 6.45) is 2.25. The fraction of sp³-hybridized carbons (Fsp3) is 0.0909. The van der Waals surface area contributed by atoms with E-state index in [1.165, 1.54) is 18.2 Å². The molecule has 1 N–H and O–H groups in total. The van der Waals surface area contributed by atoms with Gasteiger partial charge in [-0.15, -0.1) is 0 Å². The molecule has 5 rings (SSSR count). The van der Waals surface area contributed by atoms with E-state index >= 15 is 0 Å². The summed E-state index contributed by atoms with van der Waals surface area (Å²) in [7, 11) is 0. The number of aromatic nitrogens is 1. The van der Waals surface area contributed by atoms with Crippen molar-refractivity contribution in [2.45, 2.75) is 13.0 Å². The molecule has 0 atom stereocenters. The number of rotatable bonds is 12. The minimum Gasteiger partial charge on any atom is -0.493 e. The summed E-state index contributed by atoms with van der Waals surface area (Å²) in [6, 6.07) is 33.6. The van der Waals surface area contributed by atoms with Crippen molar-refractivity contribution < 1.29 is 23.9 Å². The Bertz CT molecular complexity index is 1630. The molecule has 9 nitrogen and oxygen atoms in total. The molecule has 4 aromatic carbocycles. The maximum absolute atomic E-state index is 13.0. The molecule has 0 spiro atoms. The first-order valence-corrected chi connectivity index (χ1v) is 13.2. The zero-order valence-corrected chi connectivity index (χ0v) is 22.5. The summed E-state index contributed by atoms with van der Waals surface area (Å²) in [5, 5.41) is 14.3. The van der Waals surface area contributed by atoms with Crippen LogP contribution in [-0.4, -0.2) is 22.4 Å². The van der Waals surface area contributed by atoms with Crippen molar-refractivity contribution in [1.82, 2.24) is 4.98 Å². The van der Waals surface area contributed by atoms with Crippen LogP contribution in [0.15, 0.2) is 121 Å². The molecule has 1 heterocycles. The Labute approximate surface area is 242 Å². The molecule has 1 amide bonds. The van der Waals surface area contributed by atoms with Gasteiger partial charge in [-0.1, -0.05) is 36.4 Å². The van der Waals surface area contributed by atoms with Crippen molar-refractivity contribution >= 4 is 17.3 Å². The van der Waals surface area contributed by atoms with Crippen LogP contribution in [0, 0.1) is 10.1 Å². The van der Waals surface area contributed by atoms with Gasteiger partial charge in [0.2, 0.25) is 0 Å². The van der Waals surface area contributed by atoms with Gasteiger partial charge in [0.25, 0.3) is 11.6 Å². The van der Waals surface area contributed by atoms with Crippen LogP contribution in [-0.2, 0) is 13.0 Å². The van der Waals surface area contributed by atoms with Crippen LogP contribution in [0.2, 0.25) is 0 Å². The van der Waals surface area contributed by atoms with E-state index in [0.717, 1.165) is 17.0 Å². The number of carbonyl (C=O) groups is 1. The van der Waals surface area contributed by atoms with Crippen molar-refractivity contribution in [3.63, 3.8) is 0 Å². The molecule has 0 fully saturated rings. The third-order valence-electron chi connectivity index (χ3n) is 6.18. The summed E-state index contributed by atoms with van der Waals surface area (Å²) < 4.78 is 17.4. The summed E-state index contributed by atoms with van der Waals surface area (Å²) in [5.41, 5.74) is 1.96. The molecule has 0 aliphatic heterocycles. The first-order valence-electron chi connectivity index (χ1n) is 13.2. The minimum atomic E-state index is -0.628. The van der Waals surface area contributed by atoms with Crippen molar-refractivity contribution in [2.75, 3.05) is 11.9 Å². The van der Waals surface area contributed by atoms with Gasteiger partial charge < -0.3 is 19.5 Å². The van der Waals surface area contributed by atoms with Crippen LogP contribution in [0.1, 0.15) is 21.6 Å². The molecule has 42 heavy (non-hydrogen) atoms. The number of pyridine rings is 1. The fourth-order valence-electron chi connectivity index (χ4n) is 4.05. The van der Waals surface area contributed by atoms with Crippen LogP contribution in [0.25, 0.3) is 0 Å². The Kier molecular flexibility index (Phi) is 9.01. The number of ether oxygens (including phenoxy) is 3. The molecule has 210 valence electrons. The highest BCUT2D eigenvalue weighted by Crippen LogP contribution is 2.28. The number of hydrogen-bond donors (Lipinski definition) is 1. The average molecular weight is 562 g/mol. The molecule has 0 saturated heterocycles. The number of hydrogen-bond acceptors (Lipinski definition) is 7. The van der Waals surface area contributed by atoms with E-state index in [2.05, 4.69) is 10.3 Å². The number of nitro benzene ring substituents is 1. The van der Waals surface area contributed by atoms with Gasteiger partial charge in [-0.25, -0.2) is 0 Å². The van der Waals surface area contributed by atoms with E-state index in [0.29, 0.717) is 42.6 Å². The Hall–Kier alpha value is -5.70. The highest BCUT2D eigenvalue weighted by atomic mass is 16.6. The van der Waals surface area contributed by atoms with Crippen LogP contribution in [0.3, 0.4) is 0 Å². The smallest absolute Gasteiger partial charge is 0.282 e. The minimum absolute atomic E-state index is 0.106. The molecule has 0 aliphatic rings. The number of benzene rings is 4. The fourth-order valence-corrected chi connectivity index (χ4v) is 4.05. The Morgan fingerprint density at radius 1 is 0.762 bits per heavy atom. The highest BCUT2D eigenvalue weighted by Gasteiger charge is 2.21. The first kappa shape index (κ1) is 27.9. The standard InChI is InChI=1S/C33H27N3O6/c37-33(31-22-30(17-18-32(31)36(38)39)40-21-19-25-8-4-5-20-34-25)35-26-9-11-28(12-10-26)42-29-15-13-27(14-16-29)41-23-24-6-2-1-3-7-24/h1-18,20,22H,19,21,23H2,(H,35,37). The zero-order valence-electron chi connectivity index (χ0n) is 22.5. The maximum atomic E-state index is 13.0. The van der Waals surface area contributed by atoms with Crippen molar-refractivity contribution in [3.05, 3.63) is 148 Å². The predicted octanol–water partition coefficient (Wildman–Crippen LogP) is 7.23. The summed E-state index contributed by atoms with van der Waals surface area (Å²) >= 11 is 0. The third kappa shape index (κ3) is 7.70. The monoisotopic (exact) mass is 561 g/mol. The van der Waals surface area contributed by atoms with Crippen LogP contribution < -0.4 is 19.5 Å². The topological polar surface area (TPSA) is 113 Å². The quantitative estimate of drug-likeness (QED) is 0.126. The maximum Gasteiger partial charge on any atom is 0.282 e. The lowest BCUT2D eigenvalue weighted by Gasteiger charge is -2.11. The van der Waals surface area contributed by atoms with E-state index in [1.54, 1.807) is 42.6 Å². The zero-order chi connectivity index (χ0) is 29.1. The second kappa shape index (κ2) is 13.6. The molecule has 1 aromatic heterocycles. The number of nitro groups is 1. The van der Waals surface area contributed by atoms with Crippen molar-refractivity contribution in [3.8, 4) is 23.0 Å². The van der Waals surface area contributed by atoms with Gasteiger partial charge in [-0.05, 0) is 78.4 Å². The second-order valence-corrected chi connectivity index (χ2v) is 9.18. The van der Waals surface area contributed by atoms with E-state index < -0.39 is 10.8 Å². The van der Waals surface area contributed by atoms with Gasteiger partial charge >= 0.3 is 0 Å². The summed E-state index contributed by atoms with van der Waals surface area (Å²) in [6.45, 7) is 0.779. The lowest BCUT2D eigenvalue weighted by atomic mass is 10.1. The van der Waals surface area contributed by atoms with Crippen LogP contribution in [0.5, 0.6) is 23.0 Å². The van der Waals surface area contributed by atoms with Gasteiger partial charge in [0.1, 0.15) is 35.2 Å². The molecule has 0 unspecified atom stereocenters.